The smallest absolute Gasteiger partial charge is 0.258 e. The highest BCUT2D eigenvalue weighted by Gasteiger charge is 2.27. The van der Waals surface area contributed by atoms with Gasteiger partial charge in [-0.2, -0.15) is 4.98 Å². The number of rotatable bonds is 4. The first-order valence-electron chi connectivity index (χ1n) is 9.41. The maximum atomic E-state index is 14.0. The fraction of sp³-hybridized carbons (Fsp3) is 0.238. The van der Waals surface area contributed by atoms with Crippen molar-refractivity contribution in [3.63, 3.8) is 0 Å². The monoisotopic (exact) mass is 407 g/mol. The molecule has 0 radical (unpaired) electrons. The number of aromatic nitrogens is 5. The lowest BCUT2D eigenvalue weighted by Crippen LogP contribution is -2.22. The molecule has 0 spiro atoms. The summed E-state index contributed by atoms with van der Waals surface area (Å²) in [5.74, 6) is 0.0971. The van der Waals surface area contributed by atoms with E-state index in [1.165, 1.54) is 24.8 Å². The molecule has 0 fully saturated rings. The van der Waals surface area contributed by atoms with Crippen LogP contribution in [-0.4, -0.2) is 32.2 Å². The number of nitrogens with zero attached hydrogens (tertiary/aromatic N) is 5. The highest BCUT2D eigenvalue weighted by atomic mass is 19.1. The van der Waals surface area contributed by atoms with E-state index in [0.29, 0.717) is 24.4 Å². The molecule has 0 saturated carbocycles. The molecule has 1 aliphatic heterocycles. The lowest BCUT2D eigenvalue weighted by Gasteiger charge is -2.24. The summed E-state index contributed by atoms with van der Waals surface area (Å²) in [5.41, 5.74) is 3.99. The molecular weight excluding hydrogens is 389 g/mol. The van der Waals surface area contributed by atoms with E-state index in [9.17, 15) is 4.39 Å². The van der Waals surface area contributed by atoms with Crippen molar-refractivity contribution >= 4 is 0 Å². The van der Waals surface area contributed by atoms with Gasteiger partial charge in [0.2, 0.25) is 5.82 Å². The Kier molecular flexibility index (Phi) is 4.51. The minimum Gasteiger partial charge on any atom is -0.494 e. The normalized spacial score (nSPS) is 15.8. The van der Waals surface area contributed by atoms with Crippen molar-refractivity contribution in [3.05, 3.63) is 65.1 Å². The summed E-state index contributed by atoms with van der Waals surface area (Å²) in [7, 11) is 1.41. The van der Waals surface area contributed by atoms with Crippen LogP contribution in [-0.2, 0) is 17.9 Å². The first kappa shape index (κ1) is 18.4. The number of methoxy groups -OCH3 is 1. The molecule has 4 aromatic rings. The van der Waals surface area contributed by atoms with Crippen LogP contribution in [0.4, 0.5) is 4.39 Å². The second kappa shape index (κ2) is 7.34. The molecule has 0 aliphatic carbocycles. The zero-order valence-electron chi connectivity index (χ0n) is 16.4. The van der Waals surface area contributed by atoms with Gasteiger partial charge in [-0.25, -0.2) is 9.07 Å². The summed E-state index contributed by atoms with van der Waals surface area (Å²) in [6.07, 6.45) is -0.101. The van der Waals surface area contributed by atoms with Crippen LogP contribution in [0.1, 0.15) is 22.9 Å². The summed E-state index contributed by atoms with van der Waals surface area (Å²) in [4.78, 5) is 4.36. The van der Waals surface area contributed by atoms with E-state index in [1.807, 2.05) is 6.92 Å². The van der Waals surface area contributed by atoms with Crippen molar-refractivity contribution in [2.75, 3.05) is 7.11 Å². The van der Waals surface area contributed by atoms with Crippen LogP contribution < -0.4 is 4.74 Å². The summed E-state index contributed by atoms with van der Waals surface area (Å²) in [6.45, 7) is 2.91. The van der Waals surface area contributed by atoms with E-state index in [0.717, 1.165) is 11.3 Å². The van der Waals surface area contributed by atoms with Crippen molar-refractivity contribution in [1.82, 2.24) is 25.1 Å². The average molecular weight is 407 g/mol. The molecule has 0 bridgehead atoms. The van der Waals surface area contributed by atoms with Gasteiger partial charge in [0.05, 0.1) is 26.0 Å². The van der Waals surface area contributed by atoms with Crippen molar-refractivity contribution in [2.24, 2.45) is 0 Å². The largest absolute Gasteiger partial charge is 0.494 e. The molecule has 9 heteroatoms. The van der Waals surface area contributed by atoms with Crippen molar-refractivity contribution < 1.29 is 18.4 Å². The van der Waals surface area contributed by atoms with Gasteiger partial charge in [-0.3, -0.25) is 0 Å². The number of aryl methyl sites for hydroxylation is 1. The van der Waals surface area contributed by atoms with Gasteiger partial charge in [-0.15, -0.1) is 5.10 Å². The number of halogens is 1. The number of fused-ring (bicyclic) bond motifs is 1. The van der Waals surface area contributed by atoms with Crippen LogP contribution in [0.5, 0.6) is 5.75 Å². The number of hydrogen-bond acceptors (Lipinski definition) is 7. The molecule has 5 rings (SSSR count). The molecule has 2 aromatic carbocycles. The molecule has 3 heterocycles. The Morgan fingerprint density at radius 3 is 2.77 bits per heavy atom. The highest BCUT2D eigenvalue weighted by molar-refractivity contribution is 5.59. The summed E-state index contributed by atoms with van der Waals surface area (Å²) in [6, 6.07) is 12.7. The van der Waals surface area contributed by atoms with E-state index in [1.54, 1.807) is 10.7 Å². The summed E-state index contributed by atoms with van der Waals surface area (Å²) >= 11 is 0. The lowest BCUT2D eigenvalue weighted by atomic mass is 10.1. The third-order valence-corrected chi connectivity index (χ3v) is 5.08. The van der Waals surface area contributed by atoms with Crippen molar-refractivity contribution in [3.8, 4) is 28.7 Å². The predicted octanol–water partition coefficient (Wildman–Crippen LogP) is 3.72. The van der Waals surface area contributed by atoms with Crippen LogP contribution in [0.25, 0.3) is 23.0 Å². The van der Waals surface area contributed by atoms with Gasteiger partial charge < -0.3 is 14.0 Å². The number of ether oxygens (including phenoxy) is 2. The molecule has 1 atom stereocenters. The van der Waals surface area contributed by atoms with Gasteiger partial charge in [0, 0.05) is 5.56 Å². The van der Waals surface area contributed by atoms with Gasteiger partial charge in [0.25, 0.3) is 5.89 Å². The molecular formula is C21H18FN5O3. The van der Waals surface area contributed by atoms with Gasteiger partial charge in [0.15, 0.2) is 17.3 Å². The SMILES string of the molecule is COc1ccc(-c2nc(-c3nnn4c3CO[C@H](c3ccc(C)cc3)C4)no2)cc1F. The lowest BCUT2D eigenvalue weighted by molar-refractivity contribution is -0.00112. The zero-order chi connectivity index (χ0) is 20.7. The standard InChI is InChI=1S/C21H18FN5O3/c1-12-3-5-13(6-4-12)18-10-27-16(11-29-18)19(24-26-27)20-23-21(30-25-20)14-7-8-17(28-2)15(22)9-14/h3-9,18H,10-11H2,1-2H3/t18-/m0/s1. The predicted molar refractivity (Wildman–Crippen MR) is 104 cm³/mol. The maximum Gasteiger partial charge on any atom is 0.258 e. The minimum absolute atomic E-state index is 0.101. The van der Waals surface area contributed by atoms with E-state index < -0.39 is 5.82 Å². The Morgan fingerprint density at radius 1 is 1.17 bits per heavy atom. The van der Waals surface area contributed by atoms with Gasteiger partial charge >= 0.3 is 0 Å². The summed E-state index contributed by atoms with van der Waals surface area (Å²) < 4.78 is 32.1. The molecule has 0 saturated heterocycles. The van der Waals surface area contributed by atoms with Crippen molar-refractivity contribution in [2.45, 2.75) is 26.2 Å². The minimum atomic E-state index is -0.508. The van der Waals surface area contributed by atoms with Crippen LogP contribution >= 0.6 is 0 Å². The topological polar surface area (TPSA) is 88.1 Å². The first-order valence-corrected chi connectivity index (χ1v) is 9.41. The molecule has 0 N–H and O–H groups in total. The third-order valence-electron chi connectivity index (χ3n) is 5.08. The first-order chi connectivity index (χ1) is 14.6. The fourth-order valence-electron chi connectivity index (χ4n) is 3.40. The highest BCUT2D eigenvalue weighted by Crippen LogP contribution is 2.31. The third kappa shape index (κ3) is 3.22. The number of hydrogen-bond donors (Lipinski definition) is 0. The second-order valence-electron chi connectivity index (χ2n) is 7.05. The molecule has 0 amide bonds. The molecule has 2 aromatic heterocycles. The Labute approximate surface area is 171 Å². The second-order valence-corrected chi connectivity index (χ2v) is 7.05. The van der Waals surface area contributed by atoms with Crippen LogP contribution in [0, 0.1) is 12.7 Å². The number of benzene rings is 2. The maximum absolute atomic E-state index is 14.0. The van der Waals surface area contributed by atoms with Gasteiger partial charge in [-0.1, -0.05) is 40.2 Å². The van der Waals surface area contributed by atoms with E-state index >= 15 is 0 Å². The van der Waals surface area contributed by atoms with Gasteiger partial charge in [0.1, 0.15) is 6.10 Å². The van der Waals surface area contributed by atoms with E-state index in [4.69, 9.17) is 14.0 Å². The van der Waals surface area contributed by atoms with Crippen LogP contribution in [0.15, 0.2) is 47.0 Å². The molecule has 0 unspecified atom stereocenters. The van der Waals surface area contributed by atoms with Crippen molar-refractivity contribution in [1.29, 1.82) is 0 Å². The van der Waals surface area contributed by atoms with Crippen LogP contribution in [0.2, 0.25) is 0 Å². The van der Waals surface area contributed by atoms with E-state index in [-0.39, 0.29) is 23.6 Å². The quantitative estimate of drug-likeness (QED) is 0.509. The molecule has 1 aliphatic rings. The Balaban J connectivity index is 1.40. The summed E-state index contributed by atoms with van der Waals surface area (Å²) in [5, 5.41) is 12.4. The Morgan fingerprint density at radius 2 is 2.00 bits per heavy atom. The Bertz CT molecular complexity index is 1200. The fourth-order valence-corrected chi connectivity index (χ4v) is 3.40. The molecule has 152 valence electrons. The van der Waals surface area contributed by atoms with E-state index in [2.05, 4.69) is 44.7 Å². The zero-order valence-corrected chi connectivity index (χ0v) is 16.4. The van der Waals surface area contributed by atoms with Gasteiger partial charge in [-0.05, 0) is 30.7 Å². The molecule has 8 nitrogen and oxygen atoms in total. The molecule has 30 heavy (non-hydrogen) atoms. The Hall–Kier alpha value is -3.59. The average Bonchev–Trinajstić information content (AvgIpc) is 3.41. The van der Waals surface area contributed by atoms with Crippen LogP contribution in [0.3, 0.4) is 0 Å².